The molecule has 1 saturated carbocycles. The Hall–Kier alpha value is -3.26. The van der Waals surface area contributed by atoms with Gasteiger partial charge >= 0.3 is 0 Å². The van der Waals surface area contributed by atoms with E-state index < -0.39 is 0 Å². The Morgan fingerprint density at radius 3 is 2.68 bits per heavy atom. The fourth-order valence-electron chi connectivity index (χ4n) is 5.57. The summed E-state index contributed by atoms with van der Waals surface area (Å²) in [6, 6.07) is 8.08. The quantitative estimate of drug-likeness (QED) is 0.358. The van der Waals surface area contributed by atoms with Crippen molar-refractivity contribution in [2.45, 2.75) is 71.6 Å². The third kappa shape index (κ3) is 6.78. The number of carbonyl (C=O) groups is 1. The summed E-state index contributed by atoms with van der Waals surface area (Å²) >= 11 is 0. The van der Waals surface area contributed by atoms with E-state index >= 15 is 0 Å². The lowest BCUT2D eigenvalue weighted by atomic mass is 9.87. The number of rotatable bonds is 9. The number of aromatic amines is 1. The highest BCUT2D eigenvalue weighted by Gasteiger charge is 2.19. The number of carbonyl (C=O) groups excluding carboxylic acids is 1. The number of aromatic nitrogens is 4. The second-order valence-electron chi connectivity index (χ2n) is 10.8. The van der Waals surface area contributed by atoms with Gasteiger partial charge in [0, 0.05) is 25.8 Å². The predicted molar refractivity (Wildman–Crippen MR) is 147 cm³/mol. The predicted octanol–water partition coefficient (Wildman–Crippen LogP) is 6.05. The van der Waals surface area contributed by atoms with Crippen LogP contribution in [-0.4, -0.2) is 45.9 Å². The van der Waals surface area contributed by atoms with Gasteiger partial charge in [-0.1, -0.05) is 38.2 Å². The molecule has 8 nitrogen and oxygen atoms in total. The Morgan fingerprint density at radius 2 is 1.87 bits per heavy atom. The van der Waals surface area contributed by atoms with Crippen molar-refractivity contribution in [3.63, 3.8) is 0 Å². The van der Waals surface area contributed by atoms with E-state index in [4.69, 9.17) is 9.47 Å². The number of nitrogens with one attached hydrogen (secondary N) is 2. The van der Waals surface area contributed by atoms with Gasteiger partial charge in [-0.2, -0.15) is 0 Å². The van der Waals surface area contributed by atoms with Crippen molar-refractivity contribution >= 4 is 11.7 Å². The van der Waals surface area contributed by atoms with E-state index in [0.717, 1.165) is 66.3 Å². The Morgan fingerprint density at radius 1 is 1.05 bits per heavy atom. The van der Waals surface area contributed by atoms with Gasteiger partial charge in [0.05, 0.1) is 6.61 Å². The lowest BCUT2D eigenvalue weighted by molar-refractivity contribution is 0.0462. The molecule has 1 aliphatic heterocycles. The highest BCUT2D eigenvalue weighted by atomic mass is 16.5. The highest BCUT2D eigenvalue weighted by Crippen LogP contribution is 2.32. The van der Waals surface area contributed by atoms with Crippen molar-refractivity contribution in [3.8, 4) is 16.9 Å². The summed E-state index contributed by atoms with van der Waals surface area (Å²) in [6.45, 7) is 6.50. The largest absolute Gasteiger partial charge is 0.494 e. The Labute approximate surface area is 225 Å². The van der Waals surface area contributed by atoms with Gasteiger partial charge in [-0.25, -0.2) is 9.97 Å². The molecular weight excluding hydrogens is 478 g/mol. The molecule has 1 saturated heterocycles. The smallest absolute Gasteiger partial charge is 0.296 e. The van der Waals surface area contributed by atoms with Crippen LogP contribution in [0, 0.1) is 25.7 Å². The van der Waals surface area contributed by atoms with Crippen LogP contribution in [0.4, 0.5) is 5.82 Å². The first-order valence-corrected chi connectivity index (χ1v) is 14.1. The lowest BCUT2D eigenvalue weighted by Crippen LogP contribution is -2.19. The van der Waals surface area contributed by atoms with Gasteiger partial charge in [0.1, 0.15) is 17.4 Å². The van der Waals surface area contributed by atoms with E-state index in [9.17, 15) is 4.79 Å². The minimum Gasteiger partial charge on any atom is -0.494 e. The average molecular weight is 518 g/mol. The monoisotopic (exact) mass is 517 g/mol. The SMILES string of the molecule is Cc1ccc(OCCC2CCCOC2)cc1-c1cc(NC(=O)c2n[nH]c(CC3CCCCC3)n2)ncc1C. The van der Waals surface area contributed by atoms with Gasteiger partial charge < -0.3 is 14.8 Å². The van der Waals surface area contributed by atoms with Crippen LogP contribution in [0.2, 0.25) is 0 Å². The highest BCUT2D eigenvalue weighted by molar-refractivity contribution is 6.01. The van der Waals surface area contributed by atoms with Crippen LogP contribution >= 0.6 is 0 Å². The Bertz CT molecular complexity index is 1230. The zero-order valence-corrected chi connectivity index (χ0v) is 22.6. The first-order valence-electron chi connectivity index (χ1n) is 14.1. The second kappa shape index (κ2) is 12.5. The number of hydrogen-bond donors (Lipinski definition) is 2. The van der Waals surface area contributed by atoms with E-state index in [0.29, 0.717) is 24.3 Å². The maximum atomic E-state index is 12.9. The number of H-pyrrole nitrogens is 1. The average Bonchev–Trinajstić information content (AvgIpc) is 3.41. The number of anilines is 1. The van der Waals surface area contributed by atoms with Crippen LogP contribution < -0.4 is 10.1 Å². The minimum absolute atomic E-state index is 0.148. The molecule has 2 fully saturated rings. The van der Waals surface area contributed by atoms with Crippen molar-refractivity contribution in [1.82, 2.24) is 20.2 Å². The lowest BCUT2D eigenvalue weighted by Gasteiger charge is -2.22. The fraction of sp³-hybridized carbons (Fsp3) is 0.533. The van der Waals surface area contributed by atoms with Crippen molar-refractivity contribution in [3.05, 3.63) is 53.2 Å². The Balaban J connectivity index is 1.24. The molecule has 3 heterocycles. The molecule has 0 radical (unpaired) electrons. The van der Waals surface area contributed by atoms with Crippen LogP contribution in [0.3, 0.4) is 0 Å². The fourth-order valence-corrected chi connectivity index (χ4v) is 5.57. The van der Waals surface area contributed by atoms with E-state index in [1.165, 1.54) is 38.5 Å². The zero-order chi connectivity index (χ0) is 26.3. The molecule has 2 aliphatic rings. The molecule has 8 heteroatoms. The summed E-state index contributed by atoms with van der Waals surface area (Å²) < 4.78 is 11.7. The molecular formula is C30H39N5O3. The summed E-state index contributed by atoms with van der Waals surface area (Å²) in [5.41, 5.74) is 4.22. The van der Waals surface area contributed by atoms with E-state index in [-0.39, 0.29) is 11.7 Å². The van der Waals surface area contributed by atoms with Crippen molar-refractivity contribution in [2.75, 3.05) is 25.1 Å². The summed E-state index contributed by atoms with van der Waals surface area (Å²) in [5.74, 6) is 3.08. The van der Waals surface area contributed by atoms with E-state index in [2.05, 4.69) is 44.5 Å². The number of benzene rings is 1. The summed E-state index contributed by atoms with van der Waals surface area (Å²) in [7, 11) is 0. The number of aryl methyl sites for hydroxylation is 2. The third-order valence-electron chi connectivity index (χ3n) is 7.83. The summed E-state index contributed by atoms with van der Waals surface area (Å²) in [6.07, 6.45) is 12.3. The van der Waals surface area contributed by atoms with Crippen LogP contribution in [0.15, 0.2) is 30.5 Å². The molecule has 1 aromatic carbocycles. The number of amides is 1. The van der Waals surface area contributed by atoms with Crippen LogP contribution in [-0.2, 0) is 11.2 Å². The standard InChI is InChI=1S/C30H39N5O3/c1-20-10-11-24(38-14-12-23-9-6-13-37-19-23)16-25(20)26-17-27(31-18-21(26)2)33-30(36)29-32-28(34-35-29)15-22-7-4-3-5-8-22/h10-11,16-18,22-23H,3-9,12-15,19H2,1-2H3,(H,31,33,36)(H,32,34,35). The molecule has 38 heavy (non-hydrogen) atoms. The normalized spacial score (nSPS) is 18.3. The number of hydrogen-bond acceptors (Lipinski definition) is 6. The first-order chi connectivity index (χ1) is 18.5. The number of nitrogens with zero attached hydrogens (tertiary/aromatic N) is 3. The van der Waals surface area contributed by atoms with Gasteiger partial charge in [0.15, 0.2) is 0 Å². The molecule has 202 valence electrons. The van der Waals surface area contributed by atoms with E-state index in [1.54, 1.807) is 6.20 Å². The molecule has 1 aliphatic carbocycles. The molecule has 1 amide bonds. The molecule has 5 rings (SSSR count). The van der Waals surface area contributed by atoms with Gasteiger partial charge in [-0.3, -0.25) is 9.89 Å². The van der Waals surface area contributed by atoms with E-state index in [1.807, 2.05) is 19.1 Å². The molecule has 0 bridgehead atoms. The van der Waals surface area contributed by atoms with Crippen molar-refractivity contribution < 1.29 is 14.3 Å². The molecule has 2 aromatic heterocycles. The van der Waals surface area contributed by atoms with Crippen molar-refractivity contribution in [2.24, 2.45) is 11.8 Å². The molecule has 2 N–H and O–H groups in total. The van der Waals surface area contributed by atoms with Gasteiger partial charge in [-0.15, -0.1) is 5.10 Å². The topological polar surface area (TPSA) is 102 Å². The number of pyridine rings is 1. The summed E-state index contributed by atoms with van der Waals surface area (Å²) in [4.78, 5) is 21.8. The molecule has 3 aromatic rings. The van der Waals surface area contributed by atoms with Gasteiger partial charge in [0.25, 0.3) is 5.91 Å². The maximum absolute atomic E-state index is 12.9. The number of ether oxygens (including phenoxy) is 2. The van der Waals surface area contributed by atoms with Gasteiger partial charge in [0.2, 0.25) is 5.82 Å². The zero-order valence-electron chi connectivity index (χ0n) is 22.6. The first kappa shape index (κ1) is 26.4. The van der Waals surface area contributed by atoms with Crippen LogP contribution in [0.1, 0.15) is 78.9 Å². The maximum Gasteiger partial charge on any atom is 0.296 e. The van der Waals surface area contributed by atoms with Gasteiger partial charge in [-0.05, 0) is 85.4 Å². The third-order valence-corrected chi connectivity index (χ3v) is 7.83. The van der Waals surface area contributed by atoms with Crippen molar-refractivity contribution in [1.29, 1.82) is 0 Å². The summed E-state index contributed by atoms with van der Waals surface area (Å²) in [5, 5.41) is 10.00. The van der Waals surface area contributed by atoms with Crippen LogP contribution in [0.5, 0.6) is 5.75 Å². The van der Waals surface area contributed by atoms with Crippen LogP contribution in [0.25, 0.3) is 11.1 Å². The Kier molecular flexibility index (Phi) is 8.68. The second-order valence-corrected chi connectivity index (χ2v) is 10.8. The molecule has 1 unspecified atom stereocenters. The minimum atomic E-state index is -0.362. The molecule has 0 spiro atoms. The molecule has 1 atom stereocenters.